The zero-order valence-corrected chi connectivity index (χ0v) is 14.6. The van der Waals surface area contributed by atoms with Gasteiger partial charge in [-0.2, -0.15) is 0 Å². The molecular formula is C17H20N2O7. The van der Waals surface area contributed by atoms with Gasteiger partial charge in [-0.25, -0.2) is 14.4 Å². The highest BCUT2D eigenvalue weighted by atomic mass is 16.5. The second kappa shape index (κ2) is 8.24. The van der Waals surface area contributed by atoms with Gasteiger partial charge in [-0.05, 0) is 31.5 Å². The predicted molar refractivity (Wildman–Crippen MR) is 89.9 cm³/mol. The van der Waals surface area contributed by atoms with E-state index in [1.807, 2.05) is 0 Å². The molecule has 1 aliphatic rings. The lowest BCUT2D eigenvalue weighted by Crippen LogP contribution is -2.45. The van der Waals surface area contributed by atoms with Crippen molar-refractivity contribution in [3.8, 4) is 11.5 Å². The first-order valence-corrected chi connectivity index (χ1v) is 7.85. The number of urea groups is 1. The largest absolute Gasteiger partial charge is 0.493 e. The monoisotopic (exact) mass is 364 g/mol. The van der Waals surface area contributed by atoms with Gasteiger partial charge in [0, 0.05) is 5.70 Å². The first-order chi connectivity index (χ1) is 12.4. The van der Waals surface area contributed by atoms with E-state index < -0.39 is 30.6 Å². The summed E-state index contributed by atoms with van der Waals surface area (Å²) in [6.07, 6.45) is 0. The highest BCUT2D eigenvalue weighted by molar-refractivity contribution is 5.95. The fourth-order valence-corrected chi connectivity index (χ4v) is 2.55. The third kappa shape index (κ3) is 4.24. The number of carbonyl (C=O) groups excluding carboxylic acids is 2. The summed E-state index contributed by atoms with van der Waals surface area (Å²) in [7, 11) is 1.40. The second-order valence-corrected chi connectivity index (χ2v) is 5.38. The van der Waals surface area contributed by atoms with Crippen molar-refractivity contribution in [1.29, 1.82) is 0 Å². The number of carboxylic acids is 1. The molecule has 9 nitrogen and oxygen atoms in total. The van der Waals surface area contributed by atoms with Crippen LogP contribution in [-0.2, 0) is 14.3 Å². The molecule has 140 valence electrons. The number of hydrogen-bond donors (Lipinski definition) is 3. The highest BCUT2D eigenvalue weighted by Crippen LogP contribution is 2.34. The van der Waals surface area contributed by atoms with Crippen LogP contribution < -0.4 is 20.1 Å². The molecule has 2 rings (SSSR count). The maximum Gasteiger partial charge on any atom is 0.341 e. The first kappa shape index (κ1) is 19.1. The molecule has 0 saturated carbocycles. The van der Waals surface area contributed by atoms with Crippen molar-refractivity contribution in [3.05, 3.63) is 35.0 Å². The van der Waals surface area contributed by atoms with Crippen molar-refractivity contribution in [2.75, 3.05) is 20.3 Å². The van der Waals surface area contributed by atoms with Gasteiger partial charge in [-0.1, -0.05) is 6.07 Å². The third-order valence-corrected chi connectivity index (χ3v) is 3.64. The Labute approximate surface area is 149 Å². The Morgan fingerprint density at radius 2 is 2.00 bits per heavy atom. The van der Waals surface area contributed by atoms with Crippen molar-refractivity contribution in [1.82, 2.24) is 10.6 Å². The molecule has 1 atom stereocenters. The quantitative estimate of drug-likeness (QED) is 0.624. The van der Waals surface area contributed by atoms with Crippen molar-refractivity contribution in [3.63, 3.8) is 0 Å². The van der Waals surface area contributed by atoms with E-state index in [2.05, 4.69) is 10.6 Å². The standard InChI is InChI=1S/C17H20N2O7/c1-4-25-16(22)14-9(2)18-17(23)19-15(14)10-5-6-11(12(7-10)24-3)26-8-13(20)21/h5-7,15H,4,8H2,1-3H3,(H,20,21)(H2,18,19,23)/t15-/m1/s1. The molecule has 0 saturated heterocycles. The lowest BCUT2D eigenvalue weighted by Gasteiger charge is -2.28. The van der Waals surface area contributed by atoms with E-state index in [4.69, 9.17) is 19.3 Å². The summed E-state index contributed by atoms with van der Waals surface area (Å²) in [4.78, 5) is 34.8. The van der Waals surface area contributed by atoms with Crippen molar-refractivity contribution < 1.29 is 33.7 Å². The van der Waals surface area contributed by atoms with Gasteiger partial charge in [0.1, 0.15) is 0 Å². The number of allylic oxidation sites excluding steroid dienone is 1. The van der Waals surface area contributed by atoms with Crippen molar-refractivity contribution in [2.45, 2.75) is 19.9 Å². The van der Waals surface area contributed by atoms with Crippen LogP contribution in [0.5, 0.6) is 11.5 Å². The predicted octanol–water partition coefficient (Wildman–Crippen LogP) is 1.35. The average molecular weight is 364 g/mol. The molecule has 2 amide bonds. The molecule has 1 aromatic rings. The molecule has 0 fully saturated rings. The molecule has 26 heavy (non-hydrogen) atoms. The molecule has 1 aliphatic heterocycles. The summed E-state index contributed by atoms with van der Waals surface area (Å²) in [5.74, 6) is -1.16. The summed E-state index contributed by atoms with van der Waals surface area (Å²) in [5, 5.41) is 13.9. The molecule has 0 radical (unpaired) electrons. The van der Waals surface area contributed by atoms with Crippen LogP contribution in [0, 0.1) is 0 Å². The summed E-state index contributed by atoms with van der Waals surface area (Å²) < 4.78 is 15.5. The van der Waals surface area contributed by atoms with Gasteiger partial charge in [-0.15, -0.1) is 0 Å². The van der Waals surface area contributed by atoms with Gasteiger partial charge in [0.05, 0.1) is 25.3 Å². The maximum atomic E-state index is 12.3. The third-order valence-electron chi connectivity index (χ3n) is 3.64. The summed E-state index contributed by atoms with van der Waals surface area (Å²) in [6.45, 7) is 2.98. The van der Waals surface area contributed by atoms with Gasteiger partial charge < -0.3 is 30.0 Å². The lowest BCUT2D eigenvalue weighted by atomic mass is 9.95. The molecule has 0 aromatic heterocycles. The molecule has 9 heteroatoms. The van der Waals surface area contributed by atoms with Crippen LogP contribution in [0.15, 0.2) is 29.5 Å². The minimum atomic E-state index is -1.12. The van der Waals surface area contributed by atoms with Gasteiger partial charge >= 0.3 is 18.0 Å². The Kier molecular flexibility index (Phi) is 6.05. The molecule has 1 aromatic carbocycles. The van der Waals surface area contributed by atoms with Gasteiger partial charge in [0.15, 0.2) is 18.1 Å². The van der Waals surface area contributed by atoms with E-state index in [9.17, 15) is 14.4 Å². The SMILES string of the molecule is CCOC(=O)C1=C(C)NC(=O)N[C@@H]1c1ccc(OCC(=O)O)c(OC)c1. The van der Waals surface area contributed by atoms with Crippen molar-refractivity contribution >= 4 is 18.0 Å². The topological polar surface area (TPSA) is 123 Å². The smallest absolute Gasteiger partial charge is 0.341 e. The average Bonchev–Trinajstić information content (AvgIpc) is 2.59. The summed E-state index contributed by atoms with van der Waals surface area (Å²) in [5.41, 5.74) is 1.22. The number of carboxylic acid groups (broad SMARTS) is 1. The van der Waals surface area contributed by atoms with Crippen LogP contribution in [0.1, 0.15) is 25.5 Å². The fourth-order valence-electron chi connectivity index (χ4n) is 2.55. The Bertz CT molecular complexity index is 757. The number of benzene rings is 1. The molecule has 0 unspecified atom stereocenters. The first-order valence-electron chi connectivity index (χ1n) is 7.85. The zero-order chi connectivity index (χ0) is 19.3. The minimum Gasteiger partial charge on any atom is -0.493 e. The number of amides is 2. The number of methoxy groups -OCH3 is 1. The Morgan fingerprint density at radius 3 is 2.62 bits per heavy atom. The van der Waals surface area contributed by atoms with E-state index in [0.29, 0.717) is 11.3 Å². The lowest BCUT2D eigenvalue weighted by molar-refractivity contribution is -0.140. The Balaban J connectivity index is 2.40. The zero-order valence-electron chi connectivity index (χ0n) is 14.6. The number of rotatable bonds is 7. The summed E-state index contributed by atoms with van der Waals surface area (Å²) in [6, 6.07) is 3.50. The van der Waals surface area contributed by atoms with E-state index in [1.54, 1.807) is 26.0 Å². The molecule has 0 spiro atoms. The van der Waals surface area contributed by atoms with Crippen LogP contribution in [0.4, 0.5) is 4.79 Å². The van der Waals surface area contributed by atoms with Gasteiger partial charge in [-0.3, -0.25) is 0 Å². The van der Waals surface area contributed by atoms with Crippen LogP contribution in [-0.4, -0.2) is 43.4 Å². The number of nitrogens with one attached hydrogen (secondary N) is 2. The molecule has 0 aliphatic carbocycles. The highest BCUT2D eigenvalue weighted by Gasteiger charge is 2.32. The molecule has 1 heterocycles. The summed E-state index contributed by atoms with van der Waals surface area (Å²) >= 11 is 0. The minimum absolute atomic E-state index is 0.196. The number of hydrogen-bond acceptors (Lipinski definition) is 6. The van der Waals surface area contributed by atoms with Crippen LogP contribution in [0.25, 0.3) is 0 Å². The fraction of sp³-hybridized carbons (Fsp3) is 0.353. The van der Waals surface area contributed by atoms with E-state index in [-0.39, 0.29) is 23.7 Å². The number of carbonyl (C=O) groups is 3. The van der Waals surface area contributed by atoms with E-state index in [0.717, 1.165) is 0 Å². The van der Waals surface area contributed by atoms with Crippen LogP contribution >= 0.6 is 0 Å². The van der Waals surface area contributed by atoms with Crippen LogP contribution in [0.3, 0.4) is 0 Å². The number of esters is 1. The molecule has 0 bridgehead atoms. The van der Waals surface area contributed by atoms with Gasteiger partial charge in [0.25, 0.3) is 0 Å². The number of aliphatic carboxylic acids is 1. The number of ether oxygens (including phenoxy) is 3. The maximum absolute atomic E-state index is 12.3. The Hall–Kier alpha value is -3.23. The molecule has 3 N–H and O–H groups in total. The van der Waals surface area contributed by atoms with E-state index in [1.165, 1.54) is 13.2 Å². The van der Waals surface area contributed by atoms with E-state index >= 15 is 0 Å². The second-order valence-electron chi connectivity index (χ2n) is 5.38. The normalized spacial score (nSPS) is 16.4. The van der Waals surface area contributed by atoms with Crippen LogP contribution in [0.2, 0.25) is 0 Å². The molecular weight excluding hydrogens is 344 g/mol. The van der Waals surface area contributed by atoms with Crippen molar-refractivity contribution in [2.24, 2.45) is 0 Å². The Morgan fingerprint density at radius 1 is 1.27 bits per heavy atom. The van der Waals surface area contributed by atoms with Gasteiger partial charge in [0.2, 0.25) is 0 Å².